The number of aromatic nitrogens is 1. The first-order valence-corrected chi connectivity index (χ1v) is 11.8. The first kappa shape index (κ1) is 22.4. The predicted molar refractivity (Wildman–Crippen MR) is 129 cm³/mol. The third kappa shape index (κ3) is 4.87. The molecule has 168 valence electrons. The summed E-state index contributed by atoms with van der Waals surface area (Å²) >= 11 is 0. The molecule has 2 N–H and O–H groups in total. The summed E-state index contributed by atoms with van der Waals surface area (Å²) in [6, 6.07) is 22.3. The number of anilines is 1. The summed E-state index contributed by atoms with van der Waals surface area (Å²) < 4.78 is 29.2. The van der Waals surface area contributed by atoms with Crippen molar-refractivity contribution < 1.29 is 13.2 Å². The Morgan fingerprint density at radius 3 is 2.42 bits per heavy atom. The molecule has 1 amide bonds. The number of carbonyl (C=O) groups excluding carboxylic acids is 1. The van der Waals surface area contributed by atoms with E-state index in [1.165, 1.54) is 29.2 Å². The molecule has 1 unspecified atom stereocenters. The summed E-state index contributed by atoms with van der Waals surface area (Å²) in [6.07, 6.45) is 0. The van der Waals surface area contributed by atoms with E-state index >= 15 is 0 Å². The third-order valence-corrected chi connectivity index (χ3v) is 6.80. The first-order valence-electron chi connectivity index (χ1n) is 10.3. The fraction of sp³-hybridized carbons (Fsp3) is 0.120. The number of nitrogens with one attached hydrogen (secondary N) is 2. The van der Waals surface area contributed by atoms with Gasteiger partial charge in [0.1, 0.15) is 6.04 Å². The second kappa shape index (κ2) is 9.01. The van der Waals surface area contributed by atoms with E-state index in [0.29, 0.717) is 22.2 Å². The van der Waals surface area contributed by atoms with E-state index < -0.39 is 22.0 Å². The lowest BCUT2D eigenvalue weighted by molar-refractivity contribution is -0.120. The Hall–Kier alpha value is -3.75. The molecule has 4 aromatic rings. The van der Waals surface area contributed by atoms with E-state index in [2.05, 4.69) is 9.71 Å². The van der Waals surface area contributed by atoms with Crippen molar-refractivity contribution >= 4 is 32.5 Å². The zero-order valence-corrected chi connectivity index (χ0v) is 19.0. The van der Waals surface area contributed by atoms with Crippen LogP contribution in [0.4, 0.5) is 5.69 Å². The van der Waals surface area contributed by atoms with Crippen LogP contribution in [0.15, 0.2) is 94.6 Å². The highest BCUT2D eigenvalue weighted by atomic mass is 32.2. The van der Waals surface area contributed by atoms with Gasteiger partial charge in [0.05, 0.1) is 4.90 Å². The van der Waals surface area contributed by atoms with E-state index in [9.17, 15) is 18.0 Å². The summed E-state index contributed by atoms with van der Waals surface area (Å²) in [7, 11) is -2.45. The van der Waals surface area contributed by atoms with Gasteiger partial charge in [-0.3, -0.25) is 9.59 Å². The number of nitrogens with zero attached hydrogens (tertiary/aromatic N) is 1. The molecule has 0 spiro atoms. The van der Waals surface area contributed by atoms with Gasteiger partial charge in [-0.05, 0) is 59.8 Å². The van der Waals surface area contributed by atoms with Gasteiger partial charge in [0.15, 0.2) is 0 Å². The fourth-order valence-corrected chi connectivity index (χ4v) is 4.80. The van der Waals surface area contributed by atoms with Gasteiger partial charge in [0, 0.05) is 24.3 Å². The van der Waals surface area contributed by atoms with Crippen LogP contribution in [0.25, 0.3) is 10.9 Å². The quantitative estimate of drug-likeness (QED) is 0.459. The van der Waals surface area contributed by atoms with Crippen LogP contribution in [0.5, 0.6) is 0 Å². The Balaban J connectivity index is 1.71. The number of aromatic amines is 1. The summed E-state index contributed by atoms with van der Waals surface area (Å²) in [6.45, 7) is 1.92. The van der Waals surface area contributed by atoms with Crippen LogP contribution < -0.4 is 15.2 Å². The van der Waals surface area contributed by atoms with Gasteiger partial charge in [-0.2, -0.15) is 4.72 Å². The standard InChI is InChI=1S/C25H23N3O4S/c1-17-7-6-10-20(15-17)28(2)25(30)24(18-8-4-3-5-9-18)27-33(31,32)21-12-13-22-19(16-21)11-14-23(29)26-22/h3-16,24,27H,1-2H3,(H,26,29). The monoisotopic (exact) mass is 461 g/mol. The van der Waals surface area contributed by atoms with E-state index in [-0.39, 0.29) is 10.5 Å². The molecule has 33 heavy (non-hydrogen) atoms. The van der Waals surface area contributed by atoms with Crippen molar-refractivity contribution in [1.82, 2.24) is 9.71 Å². The Morgan fingerprint density at radius 2 is 1.70 bits per heavy atom. The van der Waals surface area contributed by atoms with Crippen LogP contribution in [0.3, 0.4) is 0 Å². The zero-order valence-electron chi connectivity index (χ0n) is 18.1. The molecule has 4 rings (SSSR count). The summed E-state index contributed by atoms with van der Waals surface area (Å²) in [4.78, 5) is 29.1. The first-order chi connectivity index (χ1) is 15.7. The molecular weight excluding hydrogens is 438 g/mol. The van der Waals surface area contributed by atoms with Gasteiger partial charge >= 0.3 is 0 Å². The number of fused-ring (bicyclic) bond motifs is 1. The van der Waals surface area contributed by atoms with Crippen LogP contribution in [0.2, 0.25) is 0 Å². The predicted octanol–water partition coefficient (Wildman–Crippen LogP) is 3.52. The normalized spacial score (nSPS) is 12.4. The fourth-order valence-electron chi connectivity index (χ4n) is 3.59. The largest absolute Gasteiger partial charge is 0.322 e. The number of amides is 1. The highest BCUT2D eigenvalue weighted by molar-refractivity contribution is 7.89. The van der Waals surface area contributed by atoms with E-state index in [1.54, 1.807) is 49.5 Å². The molecule has 0 radical (unpaired) electrons. The average molecular weight is 462 g/mol. The smallest absolute Gasteiger partial charge is 0.249 e. The van der Waals surface area contributed by atoms with Gasteiger partial charge in [0.2, 0.25) is 21.5 Å². The molecular formula is C25H23N3O4S. The summed E-state index contributed by atoms with van der Waals surface area (Å²) in [5.41, 5.74) is 2.42. The van der Waals surface area contributed by atoms with Gasteiger partial charge in [-0.1, -0.05) is 42.5 Å². The third-order valence-electron chi connectivity index (χ3n) is 5.38. The van der Waals surface area contributed by atoms with Gasteiger partial charge < -0.3 is 9.88 Å². The number of H-pyrrole nitrogens is 1. The lowest BCUT2D eigenvalue weighted by Gasteiger charge is -2.25. The molecule has 8 heteroatoms. The van der Waals surface area contributed by atoms with Gasteiger partial charge in [-0.15, -0.1) is 0 Å². The van der Waals surface area contributed by atoms with Crippen LogP contribution in [-0.4, -0.2) is 26.4 Å². The van der Waals surface area contributed by atoms with Crippen molar-refractivity contribution in [1.29, 1.82) is 0 Å². The minimum atomic E-state index is -4.07. The molecule has 3 aromatic carbocycles. The average Bonchev–Trinajstić information content (AvgIpc) is 2.82. The van der Waals surface area contributed by atoms with Crippen LogP contribution >= 0.6 is 0 Å². The number of aryl methyl sites for hydroxylation is 1. The Labute approximate surface area is 191 Å². The minimum absolute atomic E-state index is 0.00557. The second-order valence-electron chi connectivity index (χ2n) is 7.77. The lowest BCUT2D eigenvalue weighted by atomic mass is 10.1. The highest BCUT2D eigenvalue weighted by Gasteiger charge is 2.30. The number of benzene rings is 3. The lowest BCUT2D eigenvalue weighted by Crippen LogP contribution is -2.41. The number of hydrogen-bond donors (Lipinski definition) is 2. The zero-order chi connectivity index (χ0) is 23.6. The molecule has 0 saturated carbocycles. The molecule has 1 heterocycles. The van der Waals surface area contributed by atoms with E-state index in [1.807, 2.05) is 25.1 Å². The van der Waals surface area contributed by atoms with Gasteiger partial charge in [-0.25, -0.2) is 8.42 Å². The van der Waals surface area contributed by atoms with Crippen LogP contribution in [0, 0.1) is 6.92 Å². The van der Waals surface area contributed by atoms with Crippen molar-refractivity contribution in [3.05, 3.63) is 106 Å². The SMILES string of the molecule is Cc1cccc(N(C)C(=O)C(NS(=O)(=O)c2ccc3[nH]c(=O)ccc3c2)c2ccccc2)c1. The van der Waals surface area contributed by atoms with Crippen molar-refractivity contribution in [2.45, 2.75) is 17.9 Å². The van der Waals surface area contributed by atoms with Crippen LogP contribution in [-0.2, 0) is 14.8 Å². The number of hydrogen-bond acceptors (Lipinski definition) is 4. The molecule has 0 aliphatic rings. The minimum Gasteiger partial charge on any atom is -0.322 e. The molecule has 7 nitrogen and oxygen atoms in total. The molecule has 1 aromatic heterocycles. The molecule has 1 atom stereocenters. The second-order valence-corrected chi connectivity index (χ2v) is 9.49. The number of pyridine rings is 1. The van der Waals surface area contributed by atoms with E-state index in [4.69, 9.17) is 0 Å². The number of rotatable bonds is 6. The van der Waals surface area contributed by atoms with E-state index in [0.717, 1.165) is 5.56 Å². The molecule has 0 fully saturated rings. The highest BCUT2D eigenvalue weighted by Crippen LogP contribution is 2.24. The van der Waals surface area contributed by atoms with Gasteiger partial charge in [0.25, 0.3) is 0 Å². The summed E-state index contributed by atoms with van der Waals surface area (Å²) in [5.74, 6) is -0.416. The number of likely N-dealkylation sites (N-methyl/N-ethyl adjacent to an activating group) is 1. The number of sulfonamides is 1. The Morgan fingerprint density at radius 1 is 0.939 bits per heavy atom. The van der Waals surface area contributed by atoms with Crippen molar-refractivity contribution in [3.8, 4) is 0 Å². The van der Waals surface area contributed by atoms with Crippen molar-refractivity contribution in [3.63, 3.8) is 0 Å². The molecule has 0 saturated heterocycles. The van der Waals surface area contributed by atoms with Crippen LogP contribution in [0.1, 0.15) is 17.2 Å². The summed E-state index contributed by atoms with van der Waals surface area (Å²) in [5, 5.41) is 0.567. The topological polar surface area (TPSA) is 99.3 Å². The number of carbonyl (C=O) groups is 1. The maximum Gasteiger partial charge on any atom is 0.249 e. The van der Waals surface area contributed by atoms with Crippen molar-refractivity contribution in [2.24, 2.45) is 0 Å². The Bertz CT molecular complexity index is 1480. The molecule has 0 aliphatic heterocycles. The Kier molecular flexibility index (Phi) is 6.13. The molecule has 0 aliphatic carbocycles. The van der Waals surface area contributed by atoms with Crippen molar-refractivity contribution in [2.75, 3.05) is 11.9 Å². The maximum absolute atomic E-state index is 13.5. The molecule has 0 bridgehead atoms. The maximum atomic E-state index is 13.5.